The van der Waals surface area contributed by atoms with E-state index in [4.69, 9.17) is 21.3 Å². The zero-order valence-electron chi connectivity index (χ0n) is 16.8. The van der Waals surface area contributed by atoms with Crippen molar-refractivity contribution in [2.24, 2.45) is 4.99 Å². The minimum atomic E-state index is -0.711. The van der Waals surface area contributed by atoms with E-state index in [9.17, 15) is 9.50 Å². The van der Waals surface area contributed by atoms with Crippen LogP contribution in [-0.2, 0) is 0 Å². The number of ether oxygens (including phenoxy) is 1. The van der Waals surface area contributed by atoms with E-state index in [-0.39, 0.29) is 17.4 Å². The molecule has 0 saturated heterocycles. The Hall–Kier alpha value is -2.41. The Labute approximate surface area is 193 Å². The van der Waals surface area contributed by atoms with Gasteiger partial charge in [-0.1, -0.05) is 57.9 Å². The fourth-order valence-corrected chi connectivity index (χ4v) is 4.43. The molecule has 0 amide bonds. The second-order valence-electron chi connectivity index (χ2n) is 7.17. The number of benzene rings is 3. The van der Waals surface area contributed by atoms with Gasteiger partial charge < -0.3 is 9.84 Å². The van der Waals surface area contributed by atoms with Gasteiger partial charge in [-0.25, -0.2) is 4.39 Å². The van der Waals surface area contributed by atoms with Gasteiger partial charge in [0, 0.05) is 33.8 Å². The molecule has 0 radical (unpaired) electrons. The number of hydrogen-bond acceptors (Lipinski definition) is 4. The summed E-state index contributed by atoms with van der Waals surface area (Å²) in [6.45, 7) is 2.30. The molecule has 3 aromatic carbocycles. The van der Waals surface area contributed by atoms with E-state index in [2.05, 4.69) is 21.2 Å². The summed E-state index contributed by atoms with van der Waals surface area (Å²) in [6.07, 6.45) is -0.209. The highest BCUT2D eigenvalue weighted by atomic mass is 79.9. The summed E-state index contributed by atoms with van der Waals surface area (Å²) in [5, 5.41) is 14.5. The highest BCUT2D eigenvalue weighted by Gasteiger charge is 2.31. The highest BCUT2D eigenvalue weighted by Crippen LogP contribution is 2.40. The van der Waals surface area contributed by atoms with Crippen LogP contribution in [0.25, 0.3) is 0 Å². The maximum absolute atomic E-state index is 14.7. The van der Waals surface area contributed by atoms with Crippen molar-refractivity contribution in [2.75, 3.05) is 6.61 Å². The lowest BCUT2D eigenvalue weighted by molar-refractivity contribution is 0.313. The van der Waals surface area contributed by atoms with Crippen molar-refractivity contribution < 1.29 is 14.2 Å². The van der Waals surface area contributed by atoms with E-state index in [1.54, 1.807) is 18.2 Å². The molecule has 2 N–H and O–H groups in total. The van der Waals surface area contributed by atoms with Gasteiger partial charge in [0.15, 0.2) is 11.5 Å². The standard InChI is InChI=1S/C24H21BrClFN2O2/c1-2-31-21-11-4-8-16(23(21)30)20-13-19(14-6-3-7-15(25)12-14)28-24(29-20)22-17(26)9-5-10-18(22)27/h3-12,20,24,29-30H,2,13H2,1H3. The quantitative estimate of drug-likeness (QED) is 0.414. The minimum Gasteiger partial charge on any atom is -0.504 e. The van der Waals surface area contributed by atoms with E-state index in [1.165, 1.54) is 6.07 Å². The molecule has 2 atom stereocenters. The second kappa shape index (κ2) is 9.39. The van der Waals surface area contributed by atoms with Gasteiger partial charge in [0.2, 0.25) is 0 Å². The monoisotopic (exact) mass is 502 g/mol. The molecule has 4 rings (SSSR count). The minimum absolute atomic E-state index is 0.0655. The summed E-state index contributed by atoms with van der Waals surface area (Å²) in [7, 11) is 0. The number of hydrogen-bond donors (Lipinski definition) is 2. The summed E-state index contributed by atoms with van der Waals surface area (Å²) < 4.78 is 21.2. The molecule has 0 fully saturated rings. The van der Waals surface area contributed by atoms with Crippen LogP contribution in [0.1, 0.15) is 42.2 Å². The molecule has 1 heterocycles. The number of phenolic OH excluding ortho intramolecular Hbond substituents is 1. The van der Waals surface area contributed by atoms with Crippen molar-refractivity contribution in [1.29, 1.82) is 0 Å². The molecule has 160 valence electrons. The molecular formula is C24H21BrClFN2O2. The van der Waals surface area contributed by atoms with E-state index in [0.29, 0.717) is 29.4 Å². The molecule has 0 saturated carbocycles. The number of aliphatic imine (C=N–C) groups is 1. The van der Waals surface area contributed by atoms with Crippen LogP contribution in [0.5, 0.6) is 11.5 Å². The fraction of sp³-hybridized carbons (Fsp3) is 0.208. The first-order valence-electron chi connectivity index (χ1n) is 9.95. The Bertz CT molecular complexity index is 1120. The maximum Gasteiger partial charge on any atom is 0.162 e. The normalized spacial score (nSPS) is 18.5. The summed E-state index contributed by atoms with van der Waals surface area (Å²) in [5.41, 5.74) is 2.64. The SMILES string of the molecule is CCOc1cccc(C2CC(c3cccc(Br)c3)=NC(c3c(F)cccc3Cl)N2)c1O. The van der Waals surface area contributed by atoms with Crippen molar-refractivity contribution in [3.8, 4) is 11.5 Å². The first-order valence-corrected chi connectivity index (χ1v) is 11.1. The topological polar surface area (TPSA) is 53.8 Å². The van der Waals surface area contributed by atoms with Crippen LogP contribution in [0, 0.1) is 5.82 Å². The molecule has 1 aliphatic rings. The first kappa shape index (κ1) is 21.8. The predicted octanol–water partition coefficient (Wildman–Crippen LogP) is 6.57. The van der Waals surface area contributed by atoms with Crippen LogP contribution >= 0.6 is 27.5 Å². The van der Waals surface area contributed by atoms with Gasteiger partial charge in [-0.05, 0) is 42.8 Å². The number of aromatic hydroxyl groups is 1. The maximum atomic E-state index is 14.7. The smallest absolute Gasteiger partial charge is 0.162 e. The van der Waals surface area contributed by atoms with Crippen molar-refractivity contribution in [1.82, 2.24) is 5.32 Å². The number of para-hydroxylation sites is 1. The van der Waals surface area contributed by atoms with Crippen LogP contribution in [0.2, 0.25) is 5.02 Å². The largest absolute Gasteiger partial charge is 0.504 e. The lowest BCUT2D eigenvalue weighted by atomic mass is 9.93. The Morgan fingerprint density at radius 3 is 2.71 bits per heavy atom. The Morgan fingerprint density at radius 2 is 1.97 bits per heavy atom. The zero-order valence-corrected chi connectivity index (χ0v) is 19.1. The lowest BCUT2D eigenvalue weighted by Gasteiger charge is -2.31. The van der Waals surface area contributed by atoms with Gasteiger partial charge in [-0.2, -0.15) is 0 Å². The molecule has 0 spiro atoms. The number of nitrogens with zero attached hydrogens (tertiary/aromatic N) is 1. The van der Waals surface area contributed by atoms with Gasteiger partial charge in [-0.15, -0.1) is 0 Å². The van der Waals surface area contributed by atoms with E-state index >= 15 is 0 Å². The Balaban J connectivity index is 1.81. The summed E-state index contributed by atoms with van der Waals surface area (Å²) >= 11 is 9.85. The average molecular weight is 504 g/mol. The van der Waals surface area contributed by atoms with Gasteiger partial charge in [0.05, 0.1) is 11.6 Å². The van der Waals surface area contributed by atoms with Crippen LogP contribution in [0.3, 0.4) is 0 Å². The van der Waals surface area contributed by atoms with Crippen LogP contribution in [-0.4, -0.2) is 17.4 Å². The van der Waals surface area contributed by atoms with Crippen molar-refractivity contribution in [3.63, 3.8) is 0 Å². The third-order valence-corrected chi connectivity index (χ3v) is 6.00. The van der Waals surface area contributed by atoms with Gasteiger partial charge in [0.1, 0.15) is 12.0 Å². The van der Waals surface area contributed by atoms with Gasteiger partial charge in [0.25, 0.3) is 0 Å². The van der Waals surface area contributed by atoms with Gasteiger partial charge >= 0.3 is 0 Å². The molecule has 3 aromatic rings. The first-order chi connectivity index (χ1) is 15.0. The molecule has 7 heteroatoms. The van der Waals surface area contributed by atoms with Crippen LogP contribution < -0.4 is 10.1 Å². The summed E-state index contributed by atoms with van der Waals surface area (Å²) in [4.78, 5) is 4.80. The lowest BCUT2D eigenvalue weighted by Crippen LogP contribution is -2.33. The fourth-order valence-electron chi connectivity index (χ4n) is 3.76. The van der Waals surface area contributed by atoms with Crippen molar-refractivity contribution in [3.05, 3.63) is 92.7 Å². The molecule has 0 aliphatic carbocycles. The van der Waals surface area contributed by atoms with E-state index in [1.807, 2.05) is 43.3 Å². The molecule has 0 bridgehead atoms. The third kappa shape index (κ3) is 4.61. The van der Waals surface area contributed by atoms with E-state index in [0.717, 1.165) is 15.7 Å². The number of halogens is 3. The molecule has 31 heavy (non-hydrogen) atoms. The predicted molar refractivity (Wildman–Crippen MR) is 125 cm³/mol. The van der Waals surface area contributed by atoms with Crippen LogP contribution in [0.4, 0.5) is 4.39 Å². The molecule has 1 aliphatic heterocycles. The van der Waals surface area contributed by atoms with E-state index < -0.39 is 12.0 Å². The number of phenols is 1. The van der Waals surface area contributed by atoms with Crippen molar-refractivity contribution >= 4 is 33.2 Å². The summed E-state index contributed by atoms with van der Waals surface area (Å²) in [6, 6.07) is 17.4. The highest BCUT2D eigenvalue weighted by molar-refractivity contribution is 9.10. The Kier molecular flexibility index (Phi) is 6.60. The molecule has 4 nitrogen and oxygen atoms in total. The second-order valence-corrected chi connectivity index (χ2v) is 8.50. The Morgan fingerprint density at radius 1 is 1.19 bits per heavy atom. The molecular weight excluding hydrogens is 483 g/mol. The molecule has 0 aromatic heterocycles. The number of nitrogens with one attached hydrogen (secondary N) is 1. The van der Waals surface area contributed by atoms with Gasteiger partial charge in [-0.3, -0.25) is 10.3 Å². The molecule has 2 unspecified atom stereocenters. The van der Waals surface area contributed by atoms with Crippen LogP contribution in [0.15, 0.2) is 70.1 Å². The summed E-state index contributed by atoms with van der Waals surface area (Å²) in [5.74, 6) is 0.0415. The van der Waals surface area contributed by atoms with Crippen molar-refractivity contribution in [2.45, 2.75) is 25.6 Å². The zero-order chi connectivity index (χ0) is 22.0. The third-order valence-electron chi connectivity index (χ3n) is 5.18. The number of rotatable bonds is 5. The average Bonchev–Trinajstić information content (AvgIpc) is 2.75.